The van der Waals surface area contributed by atoms with Gasteiger partial charge in [-0.2, -0.15) is 25.9 Å². The van der Waals surface area contributed by atoms with Gasteiger partial charge in [-0.25, -0.2) is 36.5 Å². The molecule has 0 spiro atoms. The van der Waals surface area contributed by atoms with Crippen LogP contribution >= 0.6 is 54.8 Å². The fourth-order valence-corrected chi connectivity index (χ4v) is 11.4. The Hall–Kier alpha value is 0.770. The first-order chi connectivity index (χ1) is 17.7. The molecular formula is C6H19O28P7. The number of phosphoric ester groups is 1. The molecule has 0 bridgehead atoms. The first kappa shape index (κ1) is 39.8. The van der Waals surface area contributed by atoms with E-state index in [1.807, 2.05) is 0 Å². The van der Waals surface area contributed by atoms with Crippen LogP contribution in [0.5, 0.6) is 0 Å². The molecule has 0 aromatic rings. The highest BCUT2D eigenvalue weighted by atomic mass is 31.3. The van der Waals surface area contributed by atoms with Crippen molar-refractivity contribution in [3.05, 3.63) is 0 Å². The van der Waals surface area contributed by atoms with Crippen LogP contribution in [0.3, 0.4) is 0 Å². The molecule has 1 aliphatic carbocycles. The molecule has 0 saturated heterocycles. The Morgan fingerprint density at radius 3 is 0.927 bits per heavy atom. The largest absolute Gasteiger partial charge is 0.490 e. The third-order valence-electron chi connectivity index (χ3n) is 3.70. The van der Waals surface area contributed by atoms with Gasteiger partial charge < -0.3 is 69.8 Å². The van der Waals surface area contributed by atoms with E-state index in [4.69, 9.17) is 19.6 Å². The molecule has 0 aromatic heterocycles. The zero-order chi connectivity index (χ0) is 32.8. The van der Waals surface area contributed by atoms with Gasteiger partial charge in [0, 0.05) is 0 Å². The molecule has 35 heteroatoms. The molecule has 28 nitrogen and oxygen atoms in total. The summed E-state index contributed by atoms with van der Waals surface area (Å²) in [6.45, 7) is 0. The summed E-state index contributed by atoms with van der Waals surface area (Å²) >= 11 is 0. The van der Waals surface area contributed by atoms with E-state index in [1.54, 1.807) is 0 Å². The summed E-state index contributed by atoms with van der Waals surface area (Å²) in [4.78, 5) is 72.3. The lowest BCUT2D eigenvalue weighted by molar-refractivity contribution is -0.336. The molecule has 6 unspecified atom stereocenters. The summed E-state index contributed by atoms with van der Waals surface area (Å²) in [5, 5.41) is 58.0. The van der Waals surface area contributed by atoms with Crippen molar-refractivity contribution in [2.45, 2.75) is 36.3 Å². The number of aliphatic hydroxyl groups excluding tert-OH is 5. The molecule has 0 amide bonds. The van der Waals surface area contributed by atoms with Crippen molar-refractivity contribution < 1.29 is 132 Å². The molecule has 41 heavy (non-hydrogen) atoms. The molecule has 1 aliphatic rings. The summed E-state index contributed by atoms with van der Waals surface area (Å²) in [6.07, 6.45) is -13.6. The number of aliphatic hydroxyl groups is 6. The van der Waals surface area contributed by atoms with Crippen LogP contribution in [0.15, 0.2) is 0 Å². The number of hydrogen-bond acceptors (Lipinski definition) is 20. The quantitative estimate of drug-likeness (QED) is 0.0599. The van der Waals surface area contributed by atoms with Gasteiger partial charge in [0.1, 0.15) is 30.5 Å². The van der Waals surface area contributed by atoms with Crippen molar-refractivity contribution in [1.29, 1.82) is 0 Å². The SMILES string of the molecule is O=P(O)(O)OP(=O)(O)OP(=O)(O)OP(=O)(O)OP(=O)(O)OP(=O)(O)OP(=O)(O)O[C@]1(O)[C@H](O)[C@H](O)[C@@H](O)[C@H](O)[C@H]1O. The Bertz CT molecular complexity index is 1280. The zero-order valence-corrected chi connectivity index (χ0v) is 24.8. The maximum atomic E-state index is 12.0. The first-order valence-electron chi connectivity index (χ1n) is 8.88. The predicted octanol–water partition coefficient (Wildman–Crippen LogP) is -3.70. The highest BCUT2D eigenvalue weighted by molar-refractivity contribution is 7.73. The Morgan fingerprint density at radius 1 is 0.415 bits per heavy atom. The lowest BCUT2D eigenvalue weighted by atomic mass is 9.82. The summed E-state index contributed by atoms with van der Waals surface area (Å²) in [7, 11) is -45.4. The molecule has 0 aromatic carbocycles. The Balaban J connectivity index is 3.03. The molecule has 12 atom stereocenters. The summed E-state index contributed by atoms with van der Waals surface area (Å²) in [5.41, 5.74) is 0. The van der Waals surface area contributed by atoms with Gasteiger partial charge in [0.25, 0.3) is 0 Å². The van der Waals surface area contributed by atoms with Crippen LogP contribution in [0.4, 0.5) is 0 Å². The number of hydrogen-bond donors (Lipinski definition) is 14. The van der Waals surface area contributed by atoms with Gasteiger partial charge in [0.2, 0.25) is 5.79 Å². The van der Waals surface area contributed by atoms with Gasteiger partial charge in [0.05, 0.1) is 0 Å². The van der Waals surface area contributed by atoms with Crippen LogP contribution in [-0.4, -0.2) is 106 Å². The third-order valence-corrected chi connectivity index (χ3v) is 14.2. The minimum absolute atomic E-state index is 2.41. The molecule has 0 radical (unpaired) electrons. The maximum Gasteiger partial charge on any atom is 0.490 e. The fourth-order valence-electron chi connectivity index (χ4n) is 2.41. The van der Waals surface area contributed by atoms with Crippen molar-refractivity contribution >= 4 is 54.8 Å². The van der Waals surface area contributed by atoms with Crippen molar-refractivity contribution in [3.63, 3.8) is 0 Å². The van der Waals surface area contributed by atoms with E-state index in [2.05, 4.69) is 30.4 Å². The molecule has 1 rings (SSSR count). The zero-order valence-electron chi connectivity index (χ0n) is 18.5. The average Bonchev–Trinajstić information content (AvgIpc) is 2.62. The second kappa shape index (κ2) is 12.9. The van der Waals surface area contributed by atoms with Gasteiger partial charge in [-0.1, -0.05) is 0 Å². The Morgan fingerprint density at radius 2 is 0.659 bits per heavy atom. The van der Waals surface area contributed by atoms with E-state index in [1.165, 1.54) is 0 Å². The lowest BCUT2D eigenvalue weighted by Crippen LogP contribution is -2.71. The molecule has 1 saturated carbocycles. The Kier molecular flexibility index (Phi) is 12.5. The predicted molar refractivity (Wildman–Crippen MR) is 114 cm³/mol. The van der Waals surface area contributed by atoms with Crippen molar-refractivity contribution in [2.24, 2.45) is 0 Å². The van der Waals surface area contributed by atoms with Crippen molar-refractivity contribution in [3.8, 4) is 0 Å². The summed E-state index contributed by atoms with van der Waals surface area (Å²) in [6, 6.07) is 0. The number of rotatable bonds is 14. The van der Waals surface area contributed by atoms with E-state index in [0.717, 1.165) is 0 Å². The average molecular weight is 756 g/mol. The first-order valence-corrected chi connectivity index (χ1v) is 19.4. The van der Waals surface area contributed by atoms with E-state index < -0.39 is 91.1 Å². The van der Waals surface area contributed by atoms with Crippen LogP contribution < -0.4 is 0 Å². The highest BCUT2D eigenvalue weighted by Crippen LogP contribution is 2.76. The van der Waals surface area contributed by atoms with E-state index in [-0.39, 0.29) is 0 Å². The second-order valence-corrected chi connectivity index (χ2v) is 17.7. The molecule has 0 heterocycles. The summed E-state index contributed by atoms with van der Waals surface area (Å²) < 4.78 is 104. The topological polar surface area (TPSA) is 467 Å². The van der Waals surface area contributed by atoms with Crippen LogP contribution in [0.25, 0.3) is 0 Å². The van der Waals surface area contributed by atoms with Crippen LogP contribution in [0, 0.1) is 0 Å². The monoisotopic (exact) mass is 756 g/mol. The minimum atomic E-state index is -6.72. The van der Waals surface area contributed by atoms with E-state index in [9.17, 15) is 82.2 Å². The maximum absolute atomic E-state index is 12.0. The minimum Gasteiger partial charge on any atom is -0.387 e. The van der Waals surface area contributed by atoms with E-state index >= 15 is 0 Å². The molecule has 246 valence electrons. The smallest absolute Gasteiger partial charge is 0.387 e. The van der Waals surface area contributed by atoms with Crippen LogP contribution in [-0.2, 0) is 62.3 Å². The van der Waals surface area contributed by atoms with Crippen LogP contribution in [0.2, 0.25) is 0 Å². The van der Waals surface area contributed by atoms with Crippen molar-refractivity contribution in [2.75, 3.05) is 0 Å². The van der Waals surface area contributed by atoms with Crippen LogP contribution in [0.1, 0.15) is 0 Å². The van der Waals surface area contributed by atoms with Gasteiger partial charge in [0.15, 0.2) is 0 Å². The standard InChI is InChI=1S/C6H19O28P7/c7-1-2(8)4(10)6(12,5(11)3(1)9)28-36(16,17)30-38(20,21)32-40(24,25)34-41(26,27)33-39(22,23)31-37(18,19)29-35(13,14)15/h1-5,7-12H,(H,16,17)(H,18,19)(H,20,21)(H,22,23)(H,24,25)(H,26,27)(H2,13,14,15)/t1-,2-,3+,4-,5-,6-/m1/s1. The van der Waals surface area contributed by atoms with Gasteiger partial charge >= 0.3 is 54.8 Å². The molecular weight excluding hydrogens is 737 g/mol. The third kappa shape index (κ3) is 12.2. The second-order valence-electron chi connectivity index (χ2n) is 7.00. The molecule has 0 aliphatic heterocycles. The fraction of sp³-hybridized carbons (Fsp3) is 1.00. The Labute approximate surface area is 223 Å². The van der Waals surface area contributed by atoms with Gasteiger partial charge in [-0.15, -0.1) is 0 Å². The van der Waals surface area contributed by atoms with Crippen molar-refractivity contribution in [1.82, 2.24) is 0 Å². The lowest BCUT2D eigenvalue weighted by Gasteiger charge is -2.46. The molecule has 14 N–H and O–H groups in total. The molecule has 1 fully saturated rings. The van der Waals surface area contributed by atoms with Gasteiger partial charge in [-0.05, 0) is 0 Å². The normalized spacial score (nSPS) is 36.5. The van der Waals surface area contributed by atoms with Gasteiger partial charge in [-0.3, -0.25) is 0 Å². The number of phosphoric acid groups is 7. The van der Waals surface area contributed by atoms with E-state index in [0.29, 0.717) is 0 Å². The highest BCUT2D eigenvalue weighted by Gasteiger charge is 2.62. The summed E-state index contributed by atoms with van der Waals surface area (Å²) in [5.74, 6) is -4.01.